The van der Waals surface area contributed by atoms with E-state index < -0.39 is 0 Å². The number of pyridine rings is 1. The zero-order valence-corrected chi connectivity index (χ0v) is 11.5. The van der Waals surface area contributed by atoms with Crippen LogP contribution in [-0.4, -0.2) is 15.0 Å². The normalized spacial score (nSPS) is 12.3. The molecule has 3 rings (SSSR count). The average molecular weight is 264 g/mol. The van der Waals surface area contributed by atoms with Gasteiger partial charge in [0, 0.05) is 35.9 Å². The van der Waals surface area contributed by atoms with Crippen molar-refractivity contribution in [1.29, 1.82) is 0 Å². The van der Waals surface area contributed by atoms with Gasteiger partial charge in [-0.05, 0) is 31.4 Å². The Hall–Kier alpha value is -2.49. The largest absolute Gasteiger partial charge is 0.376 e. The maximum absolute atomic E-state index is 4.41. The molecule has 0 aliphatic carbocycles. The number of hydrogen-bond acceptors (Lipinski definition) is 4. The number of benzene rings is 1. The molecule has 0 saturated heterocycles. The van der Waals surface area contributed by atoms with Crippen LogP contribution in [0.1, 0.15) is 24.4 Å². The summed E-state index contributed by atoms with van der Waals surface area (Å²) < 4.78 is 0. The molecule has 1 N–H and O–H groups in total. The Morgan fingerprint density at radius 1 is 1.05 bits per heavy atom. The fourth-order valence-electron chi connectivity index (χ4n) is 2.38. The highest BCUT2D eigenvalue weighted by Gasteiger charge is 2.11. The van der Waals surface area contributed by atoms with Crippen molar-refractivity contribution in [2.75, 3.05) is 5.32 Å². The standard InChI is InChI=1S/C16H16N4/c1-11-16(19-9-8-18-11)12(2)20-15-5-3-4-13-6-7-17-10-14(13)15/h3-10,12,20H,1-2H3. The van der Waals surface area contributed by atoms with Crippen LogP contribution in [0.3, 0.4) is 0 Å². The second kappa shape index (κ2) is 5.25. The van der Waals surface area contributed by atoms with E-state index in [9.17, 15) is 0 Å². The molecule has 0 bridgehead atoms. The van der Waals surface area contributed by atoms with Gasteiger partial charge in [-0.15, -0.1) is 0 Å². The molecule has 1 unspecified atom stereocenters. The Kier molecular flexibility index (Phi) is 3.29. The van der Waals surface area contributed by atoms with E-state index in [-0.39, 0.29) is 6.04 Å². The first-order chi connectivity index (χ1) is 9.75. The molecular weight excluding hydrogens is 248 g/mol. The SMILES string of the molecule is Cc1nccnc1C(C)Nc1cccc2ccncc12. The summed E-state index contributed by atoms with van der Waals surface area (Å²) in [6.45, 7) is 4.07. The third-order valence-electron chi connectivity index (χ3n) is 3.38. The summed E-state index contributed by atoms with van der Waals surface area (Å²) in [6.07, 6.45) is 7.13. The Morgan fingerprint density at radius 2 is 1.90 bits per heavy atom. The molecule has 0 radical (unpaired) electrons. The predicted octanol–water partition coefficient (Wildman–Crippen LogP) is 3.51. The van der Waals surface area contributed by atoms with Crippen molar-refractivity contribution in [2.45, 2.75) is 19.9 Å². The van der Waals surface area contributed by atoms with Crippen LogP contribution in [0.25, 0.3) is 10.8 Å². The van der Waals surface area contributed by atoms with E-state index in [1.165, 1.54) is 5.39 Å². The zero-order chi connectivity index (χ0) is 13.9. The fourth-order valence-corrected chi connectivity index (χ4v) is 2.38. The number of nitrogens with one attached hydrogen (secondary N) is 1. The second-order valence-corrected chi connectivity index (χ2v) is 4.80. The summed E-state index contributed by atoms with van der Waals surface area (Å²) in [5.74, 6) is 0. The van der Waals surface area contributed by atoms with Gasteiger partial charge in [-0.25, -0.2) is 0 Å². The molecule has 1 atom stereocenters. The maximum atomic E-state index is 4.41. The Bertz CT molecular complexity index is 734. The van der Waals surface area contributed by atoms with Crippen LogP contribution >= 0.6 is 0 Å². The quantitative estimate of drug-likeness (QED) is 0.786. The van der Waals surface area contributed by atoms with E-state index >= 15 is 0 Å². The first-order valence-corrected chi connectivity index (χ1v) is 6.62. The van der Waals surface area contributed by atoms with Crippen molar-refractivity contribution >= 4 is 16.5 Å². The molecule has 4 heteroatoms. The van der Waals surface area contributed by atoms with Gasteiger partial charge in [0.05, 0.1) is 17.4 Å². The number of anilines is 1. The molecular formula is C16H16N4. The summed E-state index contributed by atoms with van der Waals surface area (Å²) >= 11 is 0. The average Bonchev–Trinajstić information content (AvgIpc) is 2.48. The summed E-state index contributed by atoms with van der Waals surface area (Å²) in [7, 11) is 0. The van der Waals surface area contributed by atoms with Gasteiger partial charge >= 0.3 is 0 Å². The lowest BCUT2D eigenvalue weighted by Gasteiger charge is -2.17. The third kappa shape index (κ3) is 2.32. The van der Waals surface area contributed by atoms with Crippen LogP contribution in [0.4, 0.5) is 5.69 Å². The minimum Gasteiger partial charge on any atom is -0.376 e. The van der Waals surface area contributed by atoms with Gasteiger partial charge in [0.15, 0.2) is 0 Å². The number of nitrogens with zero attached hydrogens (tertiary/aromatic N) is 3. The maximum Gasteiger partial charge on any atom is 0.0835 e. The molecule has 1 aromatic carbocycles. The highest BCUT2D eigenvalue weighted by atomic mass is 15.0. The smallest absolute Gasteiger partial charge is 0.0835 e. The highest BCUT2D eigenvalue weighted by Crippen LogP contribution is 2.26. The fraction of sp³-hybridized carbons (Fsp3) is 0.188. The second-order valence-electron chi connectivity index (χ2n) is 4.80. The van der Waals surface area contributed by atoms with Gasteiger partial charge in [0.1, 0.15) is 0 Å². The van der Waals surface area contributed by atoms with E-state index in [0.717, 1.165) is 22.5 Å². The van der Waals surface area contributed by atoms with Crippen LogP contribution in [0.15, 0.2) is 49.1 Å². The molecule has 0 aliphatic rings. The van der Waals surface area contributed by atoms with E-state index in [0.29, 0.717) is 0 Å². The van der Waals surface area contributed by atoms with Crippen molar-refractivity contribution in [1.82, 2.24) is 15.0 Å². The van der Waals surface area contributed by atoms with Gasteiger partial charge < -0.3 is 5.32 Å². The van der Waals surface area contributed by atoms with Gasteiger partial charge in [0.2, 0.25) is 0 Å². The van der Waals surface area contributed by atoms with E-state index in [2.05, 4.69) is 39.3 Å². The lowest BCUT2D eigenvalue weighted by atomic mass is 10.1. The summed E-state index contributed by atoms with van der Waals surface area (Å²) in [6, 6.07) is 8.29. The molecule has 100 valence electrons. The minimum atomic E-state index is 0.0921. The van der Waals surface area contributed by atoms with Crippen LogP contribution in [-0.2, 0) is 0 Å². The van der Waals surface area contributed by atoms with Crippen LogP contribution in [0, 0.1) is 6.92 Å². The van der Waals surface area contributed by atoms with Crippen molar-refractivity contribution in [3.8, 4) is 0 Å². The monoisotopic (exact) mass is 264 g/mol. The number of fused-ring (bicyclic) bond motifs is 1. The number of aryl methyl sites for hydroxylation is 1. The van der Waals surface area contributed by atoms with Crippen LogP contribution < -0.4 is 5.32 Å². The summed E-state index contributed by atoms with van der Waals surface area (Å²) in [5, 5.41) is 5.79. The van der Waals surface area contributed by atoms with Gasteiger partial charge in [-0.3, -0.25) is 15.0 Å². The molecule has 20 heavy (non-hydrogen) atoms. The molecule has 4 nitrogen and oxygen atoms in total. The lowest BCUT2D eigenvalue weighted by Crippen LogP contribution is -2.11. The van der Waals surface area contributed by atoms with Crippen molar-refractivity contribution in [3.63, 3.8) is 0 Å². The molecule has 2 heterocycles. The number of aromatic nitrogens is 3. The first kappa shape index (κ1) is 12.5. The highest BCUT2D eigenvalue weighted by molar-refractivity contribution is 5.93. The molecule has 0 saturated carbocycles. The molecule has 3 aromatic rings. The minimum absolute atomic E-state index is 0.0921. The third-order valence-corrected chi connectivity index (χ3v) is 3.38. The van der Waals surface area contributed by atoms with Gasteiger partial charge in [-0.2, -0.15) is 0 Å². The molecule has 0 spiro atoms. The molecule has 2 aromatic heterocycles. The van der Waals surface area contributed by atoms with Crippen molar-refractivity contribution < 1.29 is 0 Å². The Morgan fingerprint density at radius 3 is 2.75 bits per heavy atom. The Labute approximate surface area is 117 Å². The molecule has 0 amide bonds. The van der Waals surface area contributed by atoms with Crippen molar-refractivity contribution in [2.24, 2.45) is 0 Å². The number of hydrogen-bond donors (Lipinski definition) is 1. The molecule has 0 fully saturated rings. The zero-order valence-electron chi connectivity index (χ0n) is 11.5. The Balaban J connectivity index is 1.96. The van der Waals surface area contributed by atoms with E-state index in [4.69, 9.17) is 0 Å². The van der Waals surface area contributed by atoms with Crippen LogP contribution in [0.5, 0.6) is 0 Å². The predicted molar refractivity (Wildman–Crippen MR) is 80.5 cm³/mol. The van der Waals surface area contributed by atoms with Gasteiger partial charge in [0.25, 0.3) is 0 Å². The number of rotatable bonds is 3. The molecule has 0 aliphatic heterocycles. The van der Waals surface area contributed by atoms with Crippen molar-refractivity contribution in [3.05, 3.63) is 60.4 Å². The summed E-state index contributed by atoms with van der Waals surface area (Å²) in [4.78, 5) is 12.9. The van der Waals surface area contributed by atoms with Crippen LogP contribution in [0.2, 0.25) is 0 Å². The van der Waals surface area contributed by atoms with Gasteiger partial charge in [-0.1, -0.05) is 12.1 Å². The summed E-state index contributed by atoms with van der Waals surface area (Å²) in [5.41, 5.74) is 2.98. The topological polar surface area (TPSA) is 50.7 Å². The first-order valence-electron chi connectivity index (χ1n) is 6.62. The lowest BCUT2D eigenvalue weighted by molar-refractivity contribution is 0.811. The van der Waals surface area contributed by atoms with E-state index in [1.807, 2.05) is 31.5 Å². The van der Waals surface area contributed by atoms with E-state index in [1.54, 1.807) is 12.4 Å².